The van der Waals surface area contributed by atoms with E-state index in [9.17, 15) is 9.90 Å². The molecule has 0 unspecified atom stereocenters. The minimum atomic E-state index is -0.296. The molecule has 5 heteroatoms. The third kappa shape index (κ3) is 4.99. The molecule has 0 saturated heterocycles. The number of rotatable bonds is 7. The van der Waals surface area contributed by atoms with Gasteiger partial charge < -0.3 is 20.5 Å². The number of urea groups is 1. The molecule has 0 bridgehead atoms. The molecule has 3 rings (SSSR count). The summed E-state index contributed by atoms with van der Waals surface area (Å²) in [4.78, 5) is 12.1. The van der Waals surface area contributed by atoms with Crippen molar-refractivity contribution in [2.75, 3.05) is 19.8 Å². The molecule has 2 aromatic rings. The largest absolute Gasteiger partial charge is 0.493 e. The third-order valence-electron chi connectivity index (χ3n) is 4.61. The first-order chi connectivity index (χ1) is 12.6. The molecule has 0 aromatic heterocycles. The Bertz CT molecular complexity index is 743. The molecule has 1 heterocycles. The molecular weight excluding hydrogens is 328 g/mol. The van der Waals surface area contributed by atoms with Crippen LogP contribution in [0.2, 0.25) is 0 Å². The predicted molar refractivity (Wildman–Crippen MR) is 102 cm³/mol. The Morgan fingerprint density at radius 3 is 2.73 bits per heavy atom. The molecular formula is C21H26N2O3. The van der Waals surface area contributed by atoms with E-state index in [2.05, 4.69) is 16.7 Å². The van der Waals surface area contributed by atoms with Gasteiger partial charge in [-0.15, -0.1) is 0 Å². The highest BCUT2D eigenvalue weighted by Crippen LogP contribution is 2.25. The predicted octanol–water partition coefficient (Wildman–Crippen LogP) is 2.38. The van der Waals surface area contributed by atoms with Crippen LogP contribution in [0.3, 0.4) is 0 Å². The van der Waals surface area contributed by atoms with Gasteiger partial charge in [-0.2, -0.15) is 0 Å². The Kier molecular flexibility index (Phi) is 6.12. The van der Waals surface area contributed by atoms with Gasteiger partial charge in [-0.25, -0.2) is 4.79 Å². The maximum atomic E-state index is 12.1. The highest BCUT2D eigenvalue weighted by molar-refractivity contribution is 5.74. The first kappa shape index (κ1) is 18.3. The fourth-order valence-corrected chi connectivity index (χ4v) is 3.12. The number of carbonyl (C=O) groups is 1. The lowest BCUT2D eigenvalue weighted by Crippen LogP contribution is -2.45. The Balaban J connectivity index is 1.43. The Morgan fingerprint density at radius 2 is 1.96 bits per heavy atom. The zero-order valence-corrected chi connectivity index (χ0v) is 15.1. The highest BCUT2D eigenvalue weighted by atomic mass is 16.5. The topological polar surface area (TPSA) is 70.6 Å². The van der Waals surface area contributed by atoms with Crippen molar-refractivity contribution >= 4 is 6.03 Å². The van der Waals surface area contributed by atoms with Gasteiger partial charge in [0.05, 0.1) is 19.3 Å². The standard InChI is InChI=1S/C21H26N2O3/c1-15-2-4-16(5-3-15)13-19(14-24)23-21(25)22-10-8-17-6-7-20-18(12-17)9-11-26-20/h2-7,12,19,24H,8-11,13-14H2,1H3,(H2,22,23,25)/t19-/m0/s1. The number of nitrogens with one attached hydrogen (secondary N) is 2. The molecule has 2 amide bonds. The Hall–Kier alpha value is -2.53. The summed E-state index contributed by atoms with van der Waals surface area (Å²) in [5.41, 5.74) is 4.71. The molecule has 3 N–H and O–H groups in total. The van der Waals surface area contributed by atoms with E-state index in [1.54, 1.807) is 0 Å². The number of amides is 2. The number of aliphatic hydroxyl groups excluding tert-OH is 1. The fraction of sp³-hybridized carbons (Fsp3) is 0.381. The van der Waals surface area contributed by atoms with Crippen LogP contribution in [0.15, 0.2) is 42.5 Å². The van der Waals surface area contributed by atoms with E-state index in [0.717, 1.165) is 30.8 Å². The van der Waals surface area contributed by atoms with Gasteiger partial charge in [0.15, 0.2) is 0 Å². The molecule has 0 radical (unpaired) electrons. The summed E-state index contributed by atoms with van der Waals surface area (Å²) in [6.07, 6.45) is 2.33. The second kappa shape index (κ2) is 8.72. The minimum Gasteiger partial charge on any atom is -0.493 e. The van der Waals surface area contributed by atoms with Crippen LogP contribution >= 0.6 is 0 Å². The van der Waals surface area contributed by atoms with E-state index in [1.165, 1.54) is 16.7 Å². The van der Waals surface area contributed by atoms with Crippen LogP contribution in [0, 0.1) is 6.92 Å². The maximum absolute atomic E-state index is 12.1. The summed E-state index contributed by atoms with van der Waals surface area (Å²) in [7, 11) is 0. The van der Waals surface area contributed by atoms with Crippen LogP contribution in [-0.4, -0.2) is 36.9 Å². The average molecular weight is 354 g/mol. The van der Waals surface area contributed by atoms with Gasteiger partial charge in [-0.1, -0.05) is 42.0 Å². The molecule has 138 valence electrons. The second-order valence-corrected chi connectivity index (χ2v) is 6.76. The Labute approximate surface area is 154 Å². The molecule has 0 saturated carbocycles. The SMILES string of the molecule is Cc1ccc(C[C@@H](CO)NC(=O)NCCc2ccc3c(c2)CCO3)cc1. The van der Waals surface area contributed by atoms with Crippen LogP contribution in [0.5, 0.6) is 5.75 Å². The van der Waals surface area contributed by atoms with E-state index < -0.39 is 0 Å². The van der Waals surface area contributed by atoms with E-state index >= 15 is 0 Å². The van der Waals surface area contributed by atoms with Crippen LogP contribution in [0.25, 0.3) is 0 Å². The number of hydrogen-bond donors (Lipinski definition) is 3. The molecule has 1 atom stereocenters. The summed E-state index contributed by atoms with van der Waals surface area (Å²) in [6.45, 7) is 3.25. The van der Waals surface area contributed by atoms with Crippen LogP contribution in [-0.2, 0) is 19.3 Å². The normalized spacial score (nSPS) is 13.6. The molecule has 26 heavy (non-hydrogen) atoms. The van der Waals surface area contributed by atoms with Crippen molar-refractivity contribution < 1.29 is 14.6 Å². The molecule has 0 aliphatic carbocycles. The number of fused-ring (bicyclic) bond motifs is 1. The van der Waals surface area contributed by atoms with Crippen LogP contribution in [0.4, 0.5) is 4.79 Å². The van der Waals surface area contributed by atoms with Crippen molar-refractivity contribution in [3.63, 3.8) is 0 Å². The first-order valence-electron chi connectivity index (χ1n) is 9.09. The summed E-state index contributed by atoms with van der Waals surface area (Å²) in [6, 6.07) is 13.8. The lowest BCUT2D eigenvalue weighted by Gasteiger charge is -2.17. The van der Waals surface area contributed by atoms with Crippen molar-refractivity contribution in [2.45, 2.75) is 32.2 Å². The molecule has 0 spiro atoms. The number of benzene rings is 2. The average Bonchev–Trinajstić information content (AvgIpc) is 3.11. The number of carbonyl (C=O) groups excluding carboxylic acids is 1. The van der Waals surface area contributed by atoms with E-state index in [4.69, 9.17) is 4.74 Å². The van der Waals surface area contributed by atoms with Crippen LogP contribution < -0.4 is 15.4 Å². The van der Waals surface area contributed by atoms with Crippen molar-refractivity contribution in [3.8, 4) is 5.75 Å². The summed E-state index contributed by atoms with van der Waals surface area (Å²) < 4.78 is 5.50. The number of hydrogen-bond acceptors (Lipinski definition) is 3. The summed E-state index contributed by atoms with van der Waals surface area (Å²) in [5, 5.41) is 15.2. The number of ether oxygens (including phenoxy) is 1. The lowest BCUT2D eigenvalue weighted by atomic mass is 10.1. The first-order valence-corrected chi connectivity index (χ1v) is 9.09. The highest BCUT2D eigenvalue weighted by Gasteiger charge is 2.13. The van der Waals surface area contributed by atoms with Gasteiger partial charge in [-0.3, -0.25) is 0 Å². The van der Waals surface area contributed by atoms with Crippen molar-refractivity contribution in [2.24, 2.45) is 0 Å². The second-order valence-electron chi connectivity index (χ2n) is 6.76. The smallest absolute Gasteiger partial charge is 0.315 e. The van der Waals surface area contributed by atoms with Gasteiger partial charge >= 0.3 is 6.03 Å². The van der Waals surface area contributed by atoms with E-state index in [0.29, 0.717) is 13.0 Å². The molecule has 5 nitrogen and oxygen atoms in total. The summed E-state index contributed by atoms with van der Waals surface area (Å²) >= 11 is 0. The zero-order chi connectivity index (χ0) is 18.4. The van der Waals surface area contributed by atoms with Gasteiger partial charge in [-0.05, 0) is 42.5 Å². The van der Waals surface area contributed by atoms with Crippen molar-refractivity contribution in [1.82, 2.24) is 10.6 Å². The zero-order valence-electron chi connectivity index (χ0n) is 15.1. The fourth-order valence-electron chi connectivity index (χ4n) is 3.12. The molecule has 0 fully saturated rings. The van der Waals surface area contributed by atoms with Gasteiger partial charge in [0, 0.05) is 13.0 Å². The third-order valence-corrected chi connectivity index (χ3v) is 4.61. The lowest BCUT2D eigenvalue weighted by molar-refractivity contribution is 0.216. The van der Waals surface area contributed by atoms with Crippen molar-refractivity contribution in [3.05, 3.63) is 64.7 Å². The molecule has 1 aliphatic heterocycles. The number of aliphatic hydroxyl groups is 1. The van der Waals surface area contributed by atoms with E-state index in [-0.39, 0.29) is 18.7 Å². The quantitative estimate of drug-likeness (QED) is 0.715. The van der Waals surface area contributed by atoms with Crippen molar-refractivity contribution in [1.29, 1.82) is 0 Å². The summed E-state index contributed by atoms with van der Waals surface area (Å²) in [5.74, 6) is 0.973. The molecule has 2 aromatic carbocycles. The van der Waals surface area contributed by atoms with E-state index in [1.807, 2.05) is 43.3 Å². The van der Waals surface area contributed by atoms with Gasteiger partial charge in [0.25, 0.3) is 0 Å². The van der Waals surface area contributed by atoms with Gasteiger partial charge in [0.2, 0.25) is 0 Å². The van der Waals surface area contributed by atoms with Gasteiger partial charge in [0.1, 0.15) is 5.75 Å². The molecule has 1 aliphatic rings. The Morgan fingerprint density at radius 1 is 1.19 bits per heavy atom. The van der Waals surface area contributed by atoms with Crippen LogP contribution in [0.1, 0.15) is 22.3 Å². The minimum absolute atomic E-state index is 0.0912. The maximum Gasteiger partial charge on any atom is 0.315 e. The monoisotopic (exact) mass is 354 g/mol. The number of aryl methyl sites for hydroxylation is 1.